The molecule has 0 spiro atoms. The molecule has 1 aliphatic heterocycles. The molecule has 25 nitrogen and oxygen atoms in total. The largest absolute Gasteiger partial charge is 0.466 e. The standard InChI is InChI=1S/C24H31N3O13.C13H17N3O6/c1-6-35-17(31)10-15(24(34)36-7-2)26-21(32)18-22(33)27(9-8-25-18)23-20(39-14(5)30)19(38-13(4)29)16(40-23)11-37-12(3)28;1-3-21-9(17)7-8(13(20)22-4-2)16-12(19)10-11(18)15-6-5-14-10/h8-9,15-16,19-20,23H,6-7,10-11H2,1-5H3,(H,26,32);5-6,8H,3-4,7H2,1-2H3,(H,15,18)(H,16,19)/t15-,16-,19-,20?,23-;8-/m11/s1. The van der Waals surface area contributed by atoms with Crippen LogP contribution in [-0.2, 0) is 71.5 Å². The van der Waals surface area contributed by atoms with Crippen molar-refractivity contribution in [3.63, 3.8) is 0 Å². The Morgan fingerprint density at radius 1 is 0.677 bits per heavy atom. The van der Waals surface area contributed by atoms with Crippen LogP contribution in [-0.4, -0.2) is 137 Å². The molecule has 1 fully saturated rings. The first-order valence-corrected chi connectivity index (χ1v) is 18.9. The second-order valence-corrected chi connectivity index (χ2v) is 12.3. The third-order valence-electron chi connectivity index (χ3n) is 7.73. The molecule has 340 valence electrons. The van der Waals surface area contributed by atoms with Gasteiger partial charge in [0, 0.05) is 45.6 Å². The average molecular weight is 881 g/mol. The lowest BCUT2D eigenvalue weighted by Gasteiger charge is -2.24. The summed E-state index contributed by atoms with van der Waals surface area (Å²) in [6.45, 7) is 9.40. The number of aromatic nitrogens is 4. The number of esters is 7. The fraction of sp³-hybridized carbons (Fsp3) is 0.541. The lowest BCUT2D eigenvalue weighted by Crippen LogP contribution is -2.46. The summed E-state index contributed by atoms with van der Waals surface area (Å²) in [5.74, 6) is -7.46. The molecule has 0 aromatic carbocycles. The second-order valence-electron chi connectivity index (χ2n) is 12.3. The zero-order valence-electron chi connectivity index (χ0n) is 34.8. The maximum atomic E-state index is 13.4. The molecule has 2 amide bonds. The molecule has 0 aliphatic carbocycles. The van der Waals surface area contributed by atoms with Gasteiger partial charge in [-0.25, -0.2) is 19.6 Å². The van der Waals surface area contributed by atoms with Crippen molar-refractivity contribution in [3.8, 4) is 0 Å². The molecule has 2 aromatic rings. The highest BCUT2D eigenvalue weighted by Gasteiger charge is 2.51. The molecule has 6 atom stereocenters. The molecular formula is C37H48N6O19. The molecule has 3 N–H and O–H groups in total. The number of carbonyl (C=O) groups excluding carboxylic acids is 9. The second kappa shape index (κ2) is 25.5. The van der Waals surface area contributed by atoms with Gasteiger partial charge in [-0.2, -0.15) is 0 Å². The molecule has 3 heterocycles. The van der Waals surface area contributed by atoms with Gasteiger partial charge in [0.05, 0.1) is 39.3 Å². The Hall–Kier alpha value is -7.05. The SMILES string of the molecule is CCOC(=O)C[C@@H](NC(=O)c1ncc[nH]c1=O)C(=O)OCC.CCOC(=O)C[C@@H](NC(=O)c1nccn([C@@H]2O[C@H](COC(C)=O)[C@@H](OC(C)=O)C2OC(C)=O)c1=O)C(=O)OCC. The van der Waals surface area contributed by atoms with E-state index in [1.807, 2.05) is 0 Å². The number of nitrogens with one attached hydrogen (secondary N) is 3. The van der Waals surface area contributed by atoms with Gasteiger partial charge in [0.15, 0.2) is 29.8 Å². The Kier molecular flexibility index (Phi) is 21.1. The summed E-state index contributed by atoms with van der Waals surface area (Å²) < 4.78 is 41.4. The molecule has 0 bridgehead atoms. The van der Waals surface area contributed by atoms with Crippen LogP contribution in [0.2, 0.25) is 0 Å². The Morgan fingerprint density at radius 2 is 1.16 bits per heavy atom. The Balaban J connectivity index is 0.000000507. The number of hydrogen-bond donors (Lipinski definition) is 3. The number of H-pyrrole nitrogens is 1. The maximum absolute atomic E-state index is 13.4. The molecule has 1 aliphatic rings. The van der Waals surface area contributed by atoms with Crippen molar-refractivity contribution in [3.05, 3.63) is 56.9 Å². The molecule has 0 radical (unpaired) electrons. The van der Waals surface area contributed by atoms with E-state index in [0.717, 1.165) is 37.7 Å². The van der Waals surface area contributed by atoms with Gasteiger partial charge < -0.3 is 53.5 Å². The van der Waals surface area contributed by atoms with Gasteiger partial charge in [-0.05, 0) is 27.7 Å². The van der Waals surface area contributed by atoms with Crippen molar-refractivity contribution in [1.82, 2.24) is 30.2 Å². The topological polar surface area (TPSA) is 332 Å². The fourth-order valence-corrected chi connectivity index (χ4v) is 5.31. The molecule has 0 saturated carbocycles. The normalized spacial score (nSPS) is 17.3. The van der Waals surface area contributed by atoms with Crippen molar-refractivity contribution in [2.45, 2.75) is 97.9 Å². The number of carbonyl (C=O) groups is 9. The van der Waals surface area contributed by atoms with Gasteiger partial charge in [0.1, 0.15) is 24.8 Å². The van der Waals surface area contributed by atoms with Crippen molar-refractivity contribution in [1.29, 1.82) is 0 Å². The predicted octanol–water partition coefficient (Wildman–Crippen LogP) is -1.43. The Labute approximate surface area is 352 Å². The molecule has 1 saturated heterocycles. The van der Waals surface area contributed by atoms with E-state index < -0.39 is 132 Å². The van der Waals surface area contributed by atoms with E-state index in [-0.39, 0.29) is 26.4 Å². The van der Waals surface area contributed by atoms with Gasteiger partial charge in [0.25, 0.3) is 22.9 Å². The van der Waals surface area contributed by atoms with Crippen molar-refractivity contribution >= 4 is 53.6 Å². The maximum Gasteiger partial charge on any atom is 0.329 e. The summed E-state index contributed by atoms with van der Waals surface area (Å²) in [6.07, 6.45) is -1.58. The smallest absolute Gasteiger partial charge is 0.329 e. The first kappa shape index (κ1) is 51.1. The summed E-state index contributed by atoms with van der Waals surface area (Å²) in [6, 6.07) is -2.74. The molecule has 62 heavy (non-hydrogen) atoms. The van der Waals surface area contributed by atoms with Crippen molar-refractivity contribution in [2.75, 3.05) is 33.0 Å². The number of rotatable bonds is 19. The van der Waals surface area contributed by atoms with E-state index in [9.17, 15) is 52.7 Å². The van der Waals surface area contributed by atoms with Crippen molar-refractivity contribution in [2.24, 2.45) is 0 Å². The minimum Gasteiger partial charge on any atom is -0.466 e. The predicted molar refractivity (Wildman–Crippen MR) is 203 cm³/mol. The molecule has 1 unspecified atom stereocenters. The summed E-state index contributed by atoms with van der Waals surface area (Å²) in [7, 11) is 0. The monoisotopic (exact) mass is 880 g/mol. The van der Waals surface area contributed by atoms with Gasteiger partial charge in [-0.1, -0.05) is 0 Å². The fourth-order valence-electron chi connectivity index (χ4n) is 5.31. The first-order chi connectivity index (χ1) is 29.4. The number of aromatic amines is 1. The Bertz CT molecular complexity index is 2050. The number of amides is 2. The van der Waals surface area contributed by atoms with E-state index in [0.29, 0.717) is 0 Å². The van der Waals surface area contributed by atoms with Gasteiger partial charge in [0.2, 0.25) is 0 Å². The minimum absolute atomic E-state index is 0.0327. The highest BCUT2D eigenvalue weighted by atomic mass is 16.7. The summed E-state index contributed by atoms with van der Waals surface area (Å²) in [5.41, 5.74) is -2.88. The van der Waals surface area contributed by atoms with Crippen LogP contribution in [0.3, 0.4) is 0 Å². The zero-order chi connectivity index (χ0) is 46.5. The third kappa shape index (κ3) is 15.9. The Morgan fingerprint density at radius 3 is 1.63 bits per heavy atom. The quantitative estimate of drug-likeness (QED) is 0.107. The summed E-state index contributed by atoms with van der Waals surface area (Å²) >= 11 is 0. The highest BCUT2D eigenvalue weighted by molar-refractivity contribution is 5.96. The van der Waals surface area contributed by atoms with Gasteiger partial charge in [-0.3, -0.25) is 47.7 Å². The van der Waals surface area contributed by atoms with E-state index in [2.05, 4.69) is 25.6 Å². The molecule has 2 aromatic heterocycles. The number of hydrogen-bond acceptors (Lipinski definition) is 21. The van der Waals surface area contributed by atoms with Gasteiger partial charge in [-0.15, -0.1) is 0 Å². The highest BCUT2D eigenvalue weighted by Crippen LogP contribution is 2.33. The molecule has 25 heteroatoms. The van der Waals surface area contributed by atoms with Crippen LogP contribution in [0.4, 0.5) is 0 Å². The average Bonchev–Trinajstić information content (AvgIpc) is 3.51. The molecule has 3 rings (SSSR count). The van der Waals surface area contributed by atoms with Crippen LogP contribution >= 0.6 is 0 Å². The molecular weight excluding hydrogens is 832 g/mol. The van der Waals surface area contributed by atoms with Crippen LogP contribution in [0.25, 0.3) is 0 Å². The van der Waals surface area contributed by atoms with E-state index in [4.69, 9.17) is 37.9 Å². The van der Waals surface area contributed by atoms with E-state index in [1.165, 1.54) is 19.3 Å². The zero-order valence-corrected chi connectivity index (χ0v) is 34.8. The number of nitrogens with zero attached hydrogens (tertiary/aromatic N) is 3. The van der Waals surface area contributed by atoms with E-state index >= 15 is 0 Å². The number of ether oxygens (including phenoxy) is 8. The van der Waals surface area contributed by atoms with Crippen LogP contribution in [0.5, 0.6) is 0 Å². The van der Waals surface area contributed by atoms with Gasteiger partial charge >= 0.3 is 41.8 Å². The third-order valence-corrected chi connectivity index (χ3v) is 7.73. The lowest BCUT2D eigenvalue weighted by atomic mass is 10.1. The van der Waals surface area contributed by atoms with Crippen LogP contribution < -0.4 is 21.8 Å². The summed E-state index contributed by atoms with van der Waals surface area (Å²) in [5, 5.41) is 4.49. The van der Waals surface area contributed by atoms with E-state index in [1.54, 1.807) is 20.8 Å². The minimum atomic E-state index is -1.49. The first-order valence-electron chi connectivity index (χ1n) is 18.9. The lowest BCUT2D eigenvalue weighted by molar-refractivity contribution is -0.166. The van der Waals surface area contributed by atoms with Crippen LogP contribution in [0.1, 0.15) is 88.5 Å². The van der Waals surface area contributed by atoms with Crippen LogP contribution in [0.15, 0.2) is 34.4 Å². The summed E-state index contributed by atoms with van der Waals surface area (Å²) in [4.78, 5) is 142. The van der Waals surface area contributed by atoms with Crippen molar-refractivity contribution < 1.29 is 81.0 Å². The van der Waals surface area contributed by atoms with Crippen LogP contribution in [0, 0.1) is 0 Å².